The van der Waals surface area contributed by atoms with Crippen molar-refractivity contribution in [2.45, 2.75) is 4.90 Å². The van der Waals surface area contributed by atoms with Crippen LogP contribution in [-0.4, -0.2) is 6.29 Å². The quantitative estimate of drug-likeness (QED) is 0.363. The van der Waals surface area contributed by atoms with E-state index in [0.29, 0.717) is 16.1 Å². The fourth-order valence-electron chi connectivity index (χ4n) is 0.673. The van der Waals surface area contributed by atoms with E-state index in [0.717, 1.165) is 6.29 Å². The molecule has 0 fully saturated rings. The molecule has 0 aromatic heterocycles. The Balaban J connectivity index is 3.27. The van der Waals surface area contributed by atoms with E-state index >= 15 is 0 Å². The third kappa shape index (κ3) is 1.14. The molecule has 1 aromatic carbocycles. The highest BCUT2D eigenvalue weighted by atomic mass is 32.1. The fourth-order valence-corrected chi connectivity index (χ4v) is 0.888. The van der Waals surface area contributed by atoms with Crippen molar-refractivity contribution in [1.29, 1.82) is 0 Å². The zero-order valence-electron chi connectivity index (χ0n) is 5.24. The SMILES string of the molecule is Nc1c(S)cccc1C=O. The fraction of sp³-hybridized carbons (Fsp3) is 0. The second-order valence-electron chi connectivity index (χ2n) is 1.90. The molecule has 0 saturated carbocycles. The molecule has 0 aliphatic carbocycles. The number of benzene rings is 1. The summed E-state index contributed by atoms with van der Waals surface area (Å²) in [5.74, 6) is 0. The number of para-hydroxylation sites is 1. The van der Waals surface area contributed by atoms with Crippen LogP contribution in [0.3, 0.4) is 0 Å². The standard InChI is InChI=1S/C7H7NOS/c8-7-5(4-9)2-1-3-6(7)10/h1-4,10H,8H2. The van der Waals surface area contributed by atoms with Crippen molar-refractivity contribution in [3.63, 3.8) is 0 Å². The summed E-state index contributed by atoms with van der Waals surface area (Å²) >= 11 is 4.04. The minimum atomic E-state index is 0.445. The van der Waals surface area contributed by atoms with Crippen LogP contribution in [0.25, 0.3) is 0 Å². The van der Waals surface area contributed by atoms with Crippen molar-refractivity contribution in [3.8, 4) is 0 Å². The molecule has 0 amide bonds. The average Bonchev–Trinajstić information content (AvgIpc) is 1.95. The summed E-state index contributed by atoms with van der Waals surface area (Å²) < 4.78 is 0. The molecule has 3 heteroatoms. The van der Waals surface area contributed by atoms with Crippen LogP contribution < -0.4 is 5.73 Å². The van der Waals surface area contributed by atoms with Crippen molar-refractivity contribution < 1.29 is 4.79 Å². The smallest absolute Gasteiger partial charge is 0.152 e. The van der Waals surface area contributed by atoms with Gasteiger partial charge in [0.2, 0.25) is 0 Å². The van der Waals surface area contributed by atoms with Gasteiger partial charge < -0.3 is 5.73 Å². The van der Waals surface area contributed by atoms with E-state index in [-0.39, 0.29) is 0 Å². The third-order valence-electron chi connectivity index (χ3n) is 1.24. The lowest BCUT2D eigenvalue weighted by atomic mass is 10.2. The van der Waals surface area contributed by atoms with Crippen LogP contribution in [0, 0.1) is 0 Å². The normalized spacial score (nSPS) is 9.30. The third-order valence-corrected chi connectivity index (χ3v) is 1.63. The predicted octanol–water partition coefficient (Wildman–Crippen LogP) is 1.37. The molecule has 0 radical (unpaired) electrons. The Morgan fingerprint density at radius 1 is 1.50 bits per heavy atom. The van der Waals surface area contributed by atoms with Gasteiger partial charge in [-0.3, -0.25) is 4.79 Å². The molecule has 0 heterocycles. The van der Waals surface area contributed by atoms with Crippen LogP contribution >= 0.6 is 12.6 Å². The molecule has 0 aliphatic heterocycles. The van der Waals surface area contributed by atoms with E-state index in [1.165, 1.54) is 0 Å². The van der Waals surface area contributed by atoms with Gasteiger partial charge in [0, 0.05) is 10.5 Å². The van der Waals surface area contributed by atoms with E-state index in [1.54, 1.807) is 18.2 Å². The number of carbonyl (C=O) groups is 1. The maximum atomic E-state index is 10.3. The zero-order chi connectivity index (χ0) is 7.56. The topological polar surface area (TPSA) is 43.1 Å². The van der Waals surface area contributed by atoms with E-state index in [9.17, 15) is 4.79 Å². The average molecular weight is 153 g/mol. The van der Waals surface area contributed by atoms with Crippen LogP contribution in [0.1, 0.15) is 10.4 Å². The Labute approximate surface area is 64.5 Å². The van der Waals surface area contributed by atoms with Crippen LogP contribution in [0.15, 0.2) is 23.1 Å². The van der Waals surface area contributed by atoms with Crippen LogP contribution in [-0.2, 0) is 0 Å². The van der Waals surface area contributed by atoms with Crippen LogP contribution in [0.5, 0.6) is 0 Å². The Bertz CT molecular complexity index is 260. The highest BCUT2D eigenvalue weighted by molar-refractivity contribution is 7.80. The predicted molar refractivity (Wildman–Crippen MR) is 43.5 cm³/mol. The van der Waals surface area contributed by atoms with Gasteiger partial charge in [-0.1, -0.05) is 6.07 Å². The number of anilines is 1. The van der Waals surface area contributed by atoms with Gasteiger partial charge in [-0.2, -0.15) is 0 Å². The number of thiol groups is 1. The number of aldehydes is 1. The Morgan fingerprint density at radius 3 is 2.70 bits per heavy atom. The second kappa shape index (κ2) is 2.75. The molecule has 1 aromatic rings. The zero-order valence-corrected chi connectivity index (χ0v) is 6.14. The molecule has 0 spiro atoms. The first-order valence-corrected chi connectivity index (χ1v) is 3.23. The van der Waals surface area contributed by atoms with Crippen molar-refractivity contribution >= 4 is 24.6 Å². The van der Waals surface area contributed by atoms with E-state index in [4.69, 9.17) is 5.73 Å². The number of hydrogen-bond donors (Lipinski definition) is 2. The van der Waals surface area contributed by atoms with Crippen LogP contribution in [0.4, 0.5) is 5.69 Å². The number of nitrogens with two attached hydrogens (primary N) is 1. The molecule has 0 bridgehead atoms. The van der Waals surface area contributed by atoms with Crippen molar-refractivity contribution in [3.05, 3.63) is 23.8 Å². The van der Waals surface area contributed by atoms with Crippen LogP contribution in [0.2, 0.25) is 0 Å². The van der Waals surface area contributed by atoms with Gasteiger partial charge in [0.05, 0.1) is 5.69 Å². The Hall–Kier alpha value is -0.960. The number of carbonyl (C=O) groups excluding carboxylic acids is 1. The second-order valence-corrected chi connectivity index (χ2v) is 2.38. The van der Waals surface area contributed by atoms with Crippen molar-refractivity contribution in [2.75, 3.05) is 5.73 Å². The molecule has 10 heavy (non-hydrogen) atoms. The Morgan fingerprint density at radius 2 is 2.20 bits per heavy atom. The molecule has 52 valence electrons. The van der Waals surface area contributed by atoms with Gasteiger partial charge in [0.1, 0.15) is 0 Å². The lowest BCUT2D eigenvalue weighted by molar-refractivity contribution is 0.112. The molecule has 0 atom stereocenters. The number of rotatable bonds is 1. The summed E-state index contributed by atoms with van der Waals surface area (Å²) in [4.78, 5) is 10.9. The van der Waals surface area contributed by atoms with Gasteiger partial charge in [-0.15, -0.1) is 12.6 Å². The molecule has 0 saturated heterocycles. The molecule has 0 unspecified atom stereocenters. The van der Waals surface area contributed by atoms with Gasteiger partial charge in [-0.05, 0) is 12.1 Å². The summed E-state index contributed by atoms with van der Waals surface area (Å²) in [6.07, 6.45) is 0.717. The summed E-state index contributed by atoms with van der Waals surface area (Å²) in [5.41, 5.74) is 6.42. The molecule has 1 rings (SSSR count). The highest BCUT2D eigenvalue weighted by Crippen LogP contribution is 2.18. The van der Waals surface area contributed by atoms with Crippen molar-refractivity contribution in [2.24, 2.45) is 0 Å². The van der Waals surface area contributed by atoms with E-state index in [2.05, 4.69) is 12.6 Å². The monoisotopic (exact) mass is 153 g/mol. The van der Waals surface area contributed by atoms with Gasteiger partial charge in [0.15, 0.2) is 6.29 Å². The molecular weight excluding hydrogens is 146 g/mol. The van der Waals surface area contributed by atoms with Gasteiger partial charge in [-0.25, -0.2) is 0 Å². The summed E-state index contributed by atoms with van der Waals surface area (Å²) in [6, 6.07) is 5.13. The summed E-state index contributed by atoms with van der Waals surface area (Å²) in [5, 5.41) is 0. The molecule has 2 nitrogen and oxygen atoms in total. The number of nitrogen functional groups attached to an aromatic ring is 1. The maximum absolute atomic E-state index is 10.3. The number of hydrogen-bond acceptors (Lipinski definition) is 3. The first-order valence-electron chi connectivity index (χ1n) is 2.78. The lowest BCUT2D eigenvalue weighted by Crippen LogP contribution is -1.92. The summed E-state index contributed by atoms with van der Waals surface area (Å²) in [7, 11) is 0. The first kappa shape index (κ1) is 7.15. The maximum Gasteiger partial charge on any atom is 0.152 e. The Kier molecular flexibility index (Phi) is 1.97. The highest BCUT2D eigenvalue weighted by Gasteiger charge is 1.98. The van der Waals surface area contributed by atoms with E-state index < -0.39 is 0 Å². The molecule has 0 aliphatic rings. The first-order chi connectivity index (χ1) is 4.75. The molecular formula is C7H7NOS. The lowest BCUT2D eigenvalue weighted by Gasteiger charge is -1.99. The molecule has 2 N–H and O–H groups in total. The minimum Gasteiger partial charge on any atom is -0.397 e. The minimum absolute atomic E-state index is 0.445. The largest absolute Gasteiger partial charge is 0.397 e. The van der Waals surface area contributed by atoms with E-state index in [1.807, 2.05) is 0 Å². The summed E-state index contributed by atoms with van der Waals surface area (Å²) in [6.45, 7) is 0. The van der Waals surface area contributed by atoms with Gasteiger partial charge >= 0.3 is 0 Å². The van der Waals surface area contributed by atoms with Gasteiger partial charge in [0.25, 0.3) is 0 Å². The van der Waals surface area contributed by atoms with Crippen molar-refractivity contribution in [1.82, 2.24) is 0 Å².